The van der Waals surface area contributed by atoms with Crippen LogP contribution in [0, 0.1) is 27.7 Å². The van der Waals surface area contributed by atoms with Crippen LogP contribution in [-0.4, -0.2) is 30.4 Å². The Morgan fingerprint density at radius 1 is 0.919 bits per heavy atom. The molecular formula is C29H27N3O5. The highest BCUT2D eigenvalue weighted by molar-refractivity contribution is 6.39. The topological polar surface area (TPSA) is 105 Å². The Morgan fingerprint density at radius 3 is 2.43 bits per heavy atom. The van der Waals surface area contributed by atoms with Gasteiger partial charge in [0.1, 0.15) is 11.3 Å². The lowest BCUT2D eigenvalue weighted by Gasteiger charge is -2.27. The summed E-state index contributed by atoms with van der Waals surface area (Å²) in [5.74, 6) is -1.60. The zero-order valence-electron chi connectivity index (χ0n) is 21.0. The van der Waals surface area contributed by atoms with Gasteiger partial charge in [-0.05, 0) is 80.3 Å². The summed E-state index contributed by atoms with van der Waals surface area (Å²) < 4.78 is 5.73. The van der Waals surface area contributed by atoms with E-state index in [0.717, 1.165) is 27.2 Å². The molecule has 1 fully saturated rings. The van der Waals surface area contributed by atoms with E-state index >= 15 is 0 Å². The first-order valence-corrected chi connectivity index (χ1v) is 11.7. The molecule has 1 heterocycles. The van der Waals surface area contributed by atoms with Crippen molar-refractivity contribution in [1.29, 1.82) is 0 Å². The van der Waals surface area contributed by atoms with E-state index in [1.165, 1.54) is 6.08 Å². The van der Waals surface area contributed by atoms with Crippen molar-refractivity contribution in [3.8, 4) is 5.75 Å². The Morgan fingerprint density at radius 2 is 1.68 bits per heavy atom. The third-order valence-corrected chi connectivity index (χ3v) is 6.31. The number of aryl methyl sites for hydroxylation is 3. The molecule has 3 aromatic carbocycles. The first-order chi connectivity index (χ1) is 17.7. The van der Waals surface area contributed by atoms with Crippen molar-refractivity contribution in [3.05, 3.63) is 94.1 Å². The van der Waals surface area contributed by atoms with Gasteiger partial charge in [0.25, 0.3) is 17.7 Å². The maximum Gasteiger partial charge on any atom is 0.335 e. The normalized spacial score (nSPS) is 14.5. The van der Waals surface area contributed by atoms with Crippen LogP contribution in [0.15, 0.2) is 66.2 Å². The van der Waals surface area contributed by atoms with Crippen LogP contribution in [-0.2, 0) is 14.4 Å². The van der Waals surface area contributed by atoms with Crippen LogP contribution in [0.1, 0.15) is 27.8 Å². The van der Waals surface area contributed by atoms with Crippen LogP contribution in [0.25, 0.3) is 6.08 Å². The van der Waals surface area contributed by atoms with Gasteiger partial charge >= 0.3 is 6.03 Å². The number of hydrogen-bond acceptors (Lipinski definition) is 5. The summed E-state index contributed by atoms with van der Waals surface area (Å²) in [5, 5.41) is 5.06. The molecule has 3 aromatic rings. The average molecular weight is 498 g/mol. The predicted octanol–water partition coefficient (Wildman–Crippen LogP) is 4.60. The third-order valence-electron chi connectivity index (χ3n) is 6.31. The molecule has 0 bridgehead atoms. The van der Waals surface area contributed by atoms with Crippen molar-refractivity contribution >= 4 is 41.2 Å². The van der Waals surface area contributed by atoms with Crippen LogP contribution < -0.4 is 20.3 Å². The van der Waals surface area contributed by atoms with Crippen molar-refractivity contribution < 1.29 is 23.9 Å². The van der Waals surface area contributed by atoms with Gasteiger partial charge in [-0.15, -0.1) is 0 Å². The SMILES string of the molecule is Cc1ccc(N2C(=O)NC(=O)/C(=C/c3ccccc3OCC(=O)Nc3cccc(C)c3C)C2=O)cc1C. The predicted molar refractivity (Wildman–Crippen MR) is 141 cm³/mol. The van der Waals surface area contributed by atoms with E-state index < -0.39 is 17.8 Å². The second-order valence-corrected chi connectivity index (χ2v) is 8.85. The lowest BCUT2D eigenvalue weighted by Crippen LogP contribution is -2.54. The number of carbonyl (C=O) groups excluding carboxylic acids is 4. The summed E-state index contributed by atoms with van der Waals surface area (Å²) in [6.45, 7) is 7.40. The second-order valence-electron chi connectivity index (χ2n) is 8.85. The van der Waals surface area contributed by atoms with Crippen LogP contribution in [0.4, 0.5) is 16.2 Å². The summed E-state index contributed by atoms with van der Waals surface area (Å²) in [5.41, 5.74) is 5.17. The summed E-state index contributed by atoms with van der Waals surface area (Å²) in [7, 11) is 0. The number of amides is 5. The van der Waals surface area contributed by atoms with E-state index in [9.17, 15) is 19.2 Å². The van der Waals surface area contributed by atoms with Gasteiger partial charge in [0.15, 0.2) is 6.61 Å². The second kappa shape index (κ2) is 10.5. The highest BCUT2D eigenvalue weighted by atomic mass is 16.5. The molecule has 0 saturated carbocycles. The van der Waals surface area contributed by atoms with Crippen molar-refractivity contribution in [1.82, 2.24) is 5.32 Å². The molecule has 5 amide bonds. The number of ether oxygens (including phenoxy) is 1. The molecule has 37 heavy (non-hydrogen) atoms. The molecule has 2 N–H and O–H groups in total. The molecule has 8 heteroatoms. The molecule has 8 nitrogen and oxygen atoms in total. The maximum atomic E-state index is 13.3. The van der Waals surface area contributed by atoms with Crippen molar-refractivity contribution in [2.24, 2.45) is 0 Å². The fourth-order valence-corrected chi connectivity index (χ4v) is 3.86. The first-order valence-electron chi connectivity index (χ1n) is 11.7. The van der Waals surface area contributed by atoms with Gasteiger partial charge in [-0.25, -0.2) is 9.69 Å². The minimum Gasteiger partial charge on any atom is -0.483 e. The Labute approximate surface area is 214 Å². The van der Waals surface area contributed by atoms with Crippen molar-refractivity contribution in [2.75, 3.05) is 16.8 Å². The molecule has 1 aliphatic heterocycles. The van der Waals surface area contributed by atoms with Crippen LogP contribution in [0.5, 0.6) is 5.75 Å². The fourth-order valence-electron chi connectivity index (χ4n) is 3.86. The van der Waals surface area contributed by atoms with Gasteiger partial charge in [0.05, 0.1) is 5.69 Å². The van der Waals surface area contributed by atoms with E-state index in [1.54, 1.807) is 42.5 Å². The standard InChI is InChI=1S/C29H27N3O5/c1-17-12-13-22(14-19(17)3)32-28(35)23(27(34)31-29(32)36)15-21-9-5-6-11-25(21)37-16-26(33)30-24-10-7-8-18(2)20(24)4/h5-15H,16H2,1-4H3,(H,30,33)(H,31,34,36)/b23-15-. The van der Waals surface area contributed by atoms with Gasteiger partial charge in [-0.2, -0.15) is 0 Å². The average Bonchev–Trinajstić information content (AvgIpc) is 2.86. The molecule has 188 valence electrons. The van der Waals surface area contributed by atoms with Crippen LogP contribution >= 0.6 is 0 Å². The summed E-state index contributed by atoms with van der Waals surface area (Å²) in [4.78, 5) is 51.8. The number of benzene rings is 3. The quantitative estimate of drug-likeness (QED) is 0.382. The monoisotopic (exact) mass is 497 g/mol. The lowest BCUT2D eigenvalue weighted by atomic mass is 10.0. The number of rotatable bonds is 6. The number of imide groups is 2. The van der Waals surface area contributed by atoms with Crippen molar-refractivity contribution in [3.63, 3.8) is 0 Å². The number of carbonyl (C=O) groups is 4. The summed E-state index contributed by atoms with van der Waals surface area (Å²) >= 11 is 0. The van der Waals surface area contributed by atoms with Gasteiger partial charge in [0, 0.05) is 11.3 Å². The number of anilines is 2. The molecule has 0 atom stereocenters. The molecule has 1 aliphatic rings. The molecule has 0 aliphatic carbocycles. The van der Waals surface area contributed by atoms with Crippen LogP contribution in [0.3, 0.4) is 0 Å². The minimum atomic E-state index is -0.817. The zero-order valence-corrected chi connectivity index (χ0v) is 21.0. The Kier molecular flexibility index (Phi) is 7.20. The molecule has 0 unspecified atom stereocenters. The zero-order chi connectivity index (χ0) is 26.7. The first kappa shape index (κ1) is 25.4. The smallest absolute Gasteiger partial charge is 0.335 e. The third kappa shape index (κ3) is 5.43. The highest BCUT2D eigenvalue weighted by Crippen LogP contribution is 2.27. The Hall–Kier alpha value is -4.72. The number of nitrogens with one attached hydrogen (secondary N) is 2. The van der Waals surface area contributed by atoms with Gasteiger partial charge < -0.3 is 10.1 Å². The molecule has 0 radical (unpaired) electrons. The molecule has 0 spiro atoms. The molecular weight excluding hydrogens is 470 g/mol. The summed E-state index contributed by atoms with van der Waals surface area (Å²) in [6.07, 6.45) is 1.36. The van der Waals surface area contributed by atoms with E-state index in [2.05, 4.69) is 10.6 Å². The number of hydrogen-bond donors (Lipinski definition) is 2. The van der Waals surface area contributed by atoms with Crippen molar-refractivity contribution in [2.45, 2.75) is 27.7 Å². The van der Waals surface area contributed by atoms with E-state index in [0.29, 0.717) is 22.7 Å². The number of urea groups is 1. The van der Waals surface area contributed by atoms with Gasteiger partial charge in [-0.1, -0.05) is 36.4 Å². The lowest BCUT2D eigenvalue weighted by molar-refractivity contribution is -0.122. The van der Waals surface area contributed by atoms with Crippen LogP contribution in [0.2, 0.25) is 0 Å². The Bertz CT molecular complexity index is 1460. The number of nitrogens with zero attached hydrogens (tertiary/aromatic N) is 1. The minimum absolute atomic E-state index is 0.228. The summed E-state index contributed by atoms with van der Waals surface area (Å²) in [6, 6.07) is 16.7. The van der Waals surface area contributed by atoms with E-state index in [-0.39, 0.29) is 18.1 Å². The largest absolute Gasteiger partial charge is 0.483 e. The Balaban J connectivity index is 1.56. The molecule has 0 aromatic heterocycles. The molecule has 4 rings (SSSR count). The molecule has 1 saturated heterocycles. The van der Waals surface area contributed by atoms with Gasteiger partial charge in [-0.3, -0.25) is 19.7 Å². The number of barbiturate groups is 1. The number of para-hydroxylation sites is 1. The van der Waals surface area contributed by atoms with Gasteiger partial charge in [0.2, 0.25) is 0 Å². The highest BCUT2D eigenvalue weighted by Gasteiger charge is 2.37. The van der Waals surface area contributed by atoms with E-state index in [4.69, 9.17) is 4.74 Å². The fraction of sp³-hybridized carbons (Fsp3) is 0.172. The van der Waals surface area contributed by atoms with E-state index in [1.807, 2.05) is 45.9 Å². The maximum absolute atomic E-state index is 13.3.